The number of ketones is 1. The van der Waals surface area contributed by atoms with E-state index < -0.39 is 12.2 Å². The molecule has 23 heavy (non-hydrogen) atoms. The maximum absolute atomic E-state index is 12.6. The number of nitrogens with one attached hydrogen (secondary N) is 2. The van der Waals surface area contributed by atoms with Crippen LogP contribution in [0.2, 0.25) is 0 Å². The lowest BCUT2D eigenvalue weighted by atomic mass is 10.2. The van der Waals surface area contributed by atoms with Crippen LogP contribution in [0.15, 0.2) is 29.6 Å². The van der Waals surface area contributed by atoms with Gasteiger partial charge in [0, 0.05) is 16.6 Å². The number of imidazole rings is 1. The van der Waals surface area contributed by atoms with E-state index in [2.05, 4.69) is 15.3 Å². The Balaban J connectivity index is 1.82. The third-order valence-corrected chi connectivity index (χ3v) is 4.12. The van der Waals surface area contributed by atoms with Gasteiger partial charge in [-0.25, -0.2) is 13.8 Å². The minimum absolute atomic E-state index is 0.112. The highest BCUT2D eigenvalue weighted by Crippen LogP contribution is 2.23. The van der Waals surface area contributed by atoms with Crippen molar-refractivity contribution in [3.63, 3.8) is 0 Å². The monoisotopic (exact) mass is 335 g/mol. The summed E-state index contributed by atoms with van der Waals surface area (Å²) in [6, 6.07) is 6.18. The molecule has 8 heteroatoms. The summed E-state index contributed by atoms with van der Waals surface area (Å²) in [4.78, 5) is 30.1. The molecule has 0 aliphatic rings. The summed E-state index contributed by atoms with van der Waals surface area (Å²) in [6.07, 6.45) is -2.68. The number of Topliss-reactive ketones (excluding diaryl/α,β-unsaturated/α-hetero) is 1. The van der Waals surface area contributed by atoms with Crippen LogP contribution in [0.3, 0.4) is 0 Å². The van der Waals surface area contributed by atoms with Crippen LogP contribution < -0.4 is 5.32 Å². The molecule has 1 amide bonds. The van der Waals surface area contributed by atoms with Crippen LogP contribution in [0, 0.1) is 0 Å². The third-order valence-electron chi connectivity index (χ3n) is 3.19. The first-order valence-corrected chi connectivity index (χ1v) is 7.50. The molecular weight excluding hydrogens is 324 g/mol. The fourth-order valence-corrected chi connectivity index (χ4v) is 2.88. The number of hydrogen-bond acceptors (Lipinski definition) is 4. The van der Waals surface area contributed by atoms with Crippen molar-refractivity contribution in [1.82, 2.24) is 9.97 Å². The number of aromatic amines is 1. The van der Waals surface area contributed by atoms with Crippen molar-refractivity contribution in [1.29, 1.82) is 0 Å². The average molecular weight is 335 g/mol. The molecule has 2 heterocycles. The first-order chi connectivity index (χ1) is 10.9. The second kappa shape index (κ2) is 5.88. The number of hydrogen-bond donors (Lipinski definition) is 2. The average Bonchev–Trinajstić information content (AvgIpc) is 3.13. The summed E-state index contributed by atoms with van der Waals surface area (Å²) < 4.78 is 25.2. The minimum atomic E-state index is -2.68. The summed E-state index contributed by atoms with van der Waals surface area (Å²) in [5.74, 6) is -0.887. The molecule has 1 aromatic carbocycles. The molecule has 0 atom stereocenters. The van der Waals surface area contributed by atoms with E-state index in [0.29, 0.717) is 27.2 Å². The number of fused-ring (bicyclic) bond motifs is 1. The molecule has 0 saturated heterocycles. The molecule has 0 unspecified atom stereocenters. The number of carbonyl (C=O) groups is 2. The summed E-state index contributed by atoms with van der Waals surface area (Å²) >= 11 is 1.16. The first kappa shape index (κ1) is 15.3. The Bertz CT molecular complexity index is 901. The van der Waals surface area contributed by atoms with Crippen LogP contribution in [0.5, 0.6) is 0 Å². The third kappa shape index (κ3) is 3.11. The highest BCUT2D eigenvalue weighted by Gasteiger charge is 2.14. The van der Waals surface area contributed by atoms with Crippen molar-refractivity contribution in [2.75, 3.05) is 5.32 Å². The Labute approximate surface area is 133 Å². The number of benzene rings is 1. The number of carbonyl (C=O) groups excluding carboxylic acids is 2. The van der Waals surface area contributed by atoms with Crippen LogP contribution in [0.4, 0.5) is 14.5 Å². The van der Waals surface area contributed by atoms with Gasteiger partial charge in [-0.05, 0) is 31.2 Å². The number of rotatable bonds is 4. The van der Waals surface area contributed by atoms with Gasteiger partial charge in [0.1, 0.15) is 0 Å². The zero-order chi connectivity index (χ0) is 16.6. The van der Waals surface area contributed by atoms with Gasteiger partial charge < -0.3 is 10.3 Å². The number of alkyl halides is 2. The van der Waals surface area contributed by atoms with Crippen LogP contribution in [-0.4, -0.2) is 21.7 Å². The molecule has 3 aromatic rings. The van der Waals surface area contributed by atoms with E-state index >= 15 is 0 Å². The molecule has 3 rings (SSSR count). The molecule has 0 bridgehead atoms. The van der Waals surface area contributed by atoms with E-state index in [1.54, 1.807) is 17.5 Å². The maximum atomic E-state index is 12.6. The molecule has 0 spiro atoms. The molecule has 2 aromatic heterocycles. The van der Waals surface area contributed by atoms with Gasteiger partial charge in [0.15, 0.2) is 11.6 Å². The normalized spacial score (nSPS) is 11.1. The lowest BCUT2D eigenvalue weighted by molar-refractivity contribution is 0.101. The molecular formula is C15H11F2N3O2S. The van der Waals surface area contributed by atoms with E-state index in [4.69, 9.17) is 0 Å². The van der Waals surface area contributed by atoms with Gasteiger partial charge in [-0.2, -0.15) is 0 Å². The van der Waals surface area contributed by atoms with Gasteiger partial charge in [-0.15, -0.1) is 11.3 Å². The zero-order valence-corrected chi connectivity index (χ0v) is 12.7. The van der Waals surface area contributed by atoms with E-state index in [-0.39, 0.29) is 11.7 Å². The van der Waals surface area contributed by atoms with Crippen molar-refractivity contribution in [2.45, 2.75) is 13.3 Å². The van der Waals surface area contributed by atoms with Crippen LogP contribution >= 0.6 is 11.3 Å². The highest BCUT2D eigenvalue weighted by atomic mass is 32.1. The van der Waals surface area contributed by atoms with Gasteiger partial charge in [-0.3, -0.25) is 9.59 Å². The highest BCUT2D eigenvalue weighted by molar-refractivity contribution is 7.12. The molecule has 0 radical (unpaired) electrons. The predicted molar refractivity (Wildman–Crippen MR) is 83.3 cm³/mol. The summed E-state index contributed by atoms with van der Waals surface area (Å²) in [6.45, 7) is 1.43. The Hall–Kier alpha value is -2.61. The van der Waals surface area contributed by atoms with Crippen molar-refractivity contribution in [3.8, 4) is 0 Å². The summed E-state index contributed by atoms with van der Waals surface area (Å²) in [5.41, 5.74) is 1.73. The topological polar surface area (TPSA) is 74.8 Å². The zero-order valence-electron chi connectivity index (χ0n) is 11.9. The van der Waals surface area contributed by atoms with Crippen LogP contribution in [0.1, 0.15) is 39.2 Å². The van der Waals surface area contributed by atoms with Crippen molar-refractivity contribution < 1.29 is 18.4 Å². The van der Waals surface area contributed by atoms with Crippen molar-refractivity contribution in [2.24, 2.45) is 0 Å². The molecule has 0 aliphatic heterocycles. The Kier molecular flexibility index (Phi) is 3.91. The maximum Gasteiger partial charge on any atom is 0.295 e. The van der Waals surface area contributed by atoms with Gasteiger partial charge in [-0.1, -0.05) is 0 Å². The largest absolute Gasteiger partial charge is 0.337 e. The van der Waals surface area contributed by atoms with Gasteiger partial charge in [0.25, 0.3) is 12.3 Å². The number of halogens is 2. The Morgan fingerprint density at radius 2 is 2.09 bits per heavy atom. The lowest BCUT2D eigenvalue weighted by Gasteiger charge is -2.03. The van der Waals surface area contributed by atoms with Gasteiger partial charge in [0.2, 0.25) is 0 Å². The van der Waals surface area contributed by atoms with E-state index in [1.165, 1.54) is 19.1 Å². The number of aromatic nitrogens is 2. The van der Waals surface area contributed by atoms with Crippen molar-refractivity contribution in [3.05, 3.63) is 45.9 Å². The minimum Gasteiger partial charge on any atom is -0.337 e. The standard InChI is InChI=1S/C15H11F2N3O2S/c1-7(21)8-4-12(23-6-8)15(22)18-9-2-3-10-11(5-9)20-14(19-10)13(16)17/h2-6,13H,1H3,(H,18,22)(H,19,20). The van der Waals surface area contributed by atoms with E-state index in [1.807, 2.05) is 0 Å². The number of H-pyrrole nitrogens is 1. The number of nitrogens with zero attached hydrogens (tertiary/aromatic N) is 1. The molecule has 2 N–H and O–H groups in total. The molecule has 118 valence electrons. The quantitative estimate of drug-likeness (QED) is 0.707. The van der Waals surface area contributed by atoms with Gasteiger partial charge in [0.05, 0.1) is 15.9 Å². The second-order valence-electron chi connectivity index (χ2n) is 4.86. The summed E-state index contributed by atoms with van der Waals surface area (Å²) in [5, 5.41) is 4.28. The number of thiophene rings is 1. The van der Waals surface area contributed by atoms with Crippen LogP contribution in [-0.2, 0) is 0 Å². The molecule has 0 fully saturated rings. The van der Waals surface area contributed by atoms with Gasteiger partial charge >= 0.3 is 0 Å². The SMILES string of the molecule is CC(=O)c1csc(C(=O)Nc2ccc3nc(C(F)F)[nH]c3c2)c1. The summed E-state index contributed by atoms with van der Waals surface area (Å²) in [7, 11) is 0. The number of anilines is 1. The molecule has 5 nitrogen and oxygen atoms in total. The van der Waals surface area contributed by atoms with Crippen LogP contribution in [0.25, 0.3) is 11.0 Å². The fourth-order valence-electron chi connectivity index (χ4n) is 2.04. The van der Waals surface area contributed by atoms with Crippen molar-refractivity contribution >= 4 is 39.7 Å². The second-order valence-corrected chi connectivity index (χ2v) is 5.78. The Morgan fingerprint density at radius 1 is 1.30 bits per heavy atom. The number of amides is 1. The lowest BCUT2D eigenvalue weighted by Crippen LogP contribution is -2.10. The van der Waals surface area contributed by atoms with E-state index in [9.17, 15) is 18.4 Å². The van der Waals surface area contributed by atoms with E-state index in [0.717, 1.165) is 11.3 Å². The molecule has 0 saturated carbocycles. The molecule has 0 aliphatic carbocycles. The smallest absolute Gasteiger partial charge is 0.295 e. The Morgan fingerprint density at radius 3 is 2.74 bits per heavy atom. The predicted octanol–water partition coefficient (Wildman–Crippen LogP) is 4.02. The first-order valence-electron chi connectivity index (χ1n) is 6.62. The fraction of sp³-hybridized carbons (Fsp3) is 0.133.